The van der Waals surface area contributed by atoms with Gasteiger partial charge in [-0.3, -0.25) is 14.5 Å². The Balaban J connectivity index is 1.53. The molecular formula is C19H25N5O3S. The topological polar surface area (TPSA) is 101 Å². The van der Waals surface area contributed by atoms with Crippen molar-refractivity contribution < 1.29 is 14.3 Å². The number of benzene rings is 1. The Labute approximate surface area is 168 Å². The molecule has 0 saturated heterocycles. The maximum absolute atomic E-state index is 12.6. The molecular weight excluding hydrogens is 378 g/mol. The van der Waals surface area contributed by atoms with Gasteiger partial charge in [-0.2, -0.15) is 5.10 Å². The first kappa shape index (κ1) is 20.1. The highest BCUT2D eigenvalue weighted by Gasteiger charge is 2.28. The number of H-pyrrole nitrogens is 1. The van der Waals surface area contributed by atoms with Crippen LogP contribution in [-0.2, 0) is 22.7 Å². The predicted octanol–water partition coefficient (Wildman–Crippen LogP) is 2.84. The summed E-state index contributed by atoms with van der Waals surface area (Å²) in [5, 5.41) is 12.5. The second-order valence-electron chi connectivity index (χ2n) is 7.19. The molecule has 3 N–H and O–H groups in total. The fourth-order valence-electron chi connectivity index (χ4n) is 2.87. The van der Waals surface area contributed by atoms with Gasteiger partial charge >= 0.3 is 6.09 Å². The van der Waals surface area contributed by atoms with E-state index in [1.807, 2.05) is 48.7 Å². The second-order valence-corrected chi connectivity index (χ2v) is 7.58. The van der Waals surface area contributed by atoms with Crippen molar-refractivity contribution in [3.05, 3.63) is 46.5 Å². The van der Waals surface area contributed by atoms with Gasteiger partial charge in [-0.1, -0.05) is 44.2 Å². The van der Waals surface area contributed by atoms with Crippen molar-refractivity contribution in [3.63, 3.8) is 0 Å². The van der Waals surface area contributed by atoms with Crippen molar-refractivity contribution in [1.82, 2.24) is 25.4 Å². The Kier molecular flexibility index (Phi) is 6.45. The lowest BCUT2D eigenvalue weighted by atomic mass is 10.0. The highest BCUT2D eigenvalue weighted by molar-refractivity contribution is 7.71. The quantitative estimate of drug-likeness (QED) is 0.589. The van der Waals surface area contributed by atoms with Gasteiger partial charge in [-0.15, -0.1) is 0 Å². The van der Waals surface area contributed by atoms with Gasteiger partial charge in [0.15, 0.2) is 10.6 Å². The van der Waals surface area contributed by atoms with Crippen molar-refractivity contribution in [2.45, 2.75) is 51.9 Å². The minimum Gasteiger partial charge on any atom is -0.445 e. The molecule has 0 radical (unpaired) electrons. The van der Waals surface area contributed by atoms with Crippen LogP contribution in [0.25, 0.3) is 0 Å². The van der Waals surface area contributed by atoms with Crippen LogP contribution in [0, 0.1) is 10.7 Å². The largest absolute Gasteiger partial charge is 0.445 e. The zero-order valence-electron chi connectivity index (χ0n) is 16.0. The minimum absolute atomic E-state index is 0.103. The summed E-state index contributed by atoms with van der Waals surface area (Å²) in [7, 11) is 0. The summed E-state index contributed by atoms with van der Waals surface area (Å²) in [5.41, 5.74) is 0.881. The number of hydrogen-bond acceptors (Lipinski definition) is 5. The van der Waals surface area contributed by atoms with Crippen LogP contribution in [0.5, 0.6) is 0 Å². The zero-order valence-corrected chi connectivity index (χ0v) is 16.8. The molecule has 2 amide bonds. The average Bonchev–Trinajstić information content (AvgIpc) is 3.45. The van der Waals surface area contributed by atoms with E-state index < -0.39 is 12.1 Å². The van der Waals surface area contributed by atoms with Crippen LogP contribution >= 0.6 is 12.2 Å². The molecule has 9 heteroatoms. The molecule has 0 bridgehead atoms. The molecule has 3 rings (SSSR count). The Morgan fingerprint density at radius 1 is 1.32 bits per heavy atom. The van der Waals surface area contributed by atoms with Gasteiger partial charge in [-0.25, -0.2) is 4.79 Å². The Bertz CT molecular complexity index is 873. The summed E-state index contributed by atoms with van der Waals surface area (Å²) < 4.78 is 7.73. The van der Waals surface area contributed by atoms with E-state index >= 15 is 0 Å². The van der Waals surface area contributed by atoms with E-state index in [2.05, 4.69) is 20.8 Å². The fraction of sp³-hybridized carbons (Fsp3) is 0.474. The highest BCUT2D eigenvalue weighted by Crippen LogP contribution is 2.35. The van der Waals surface area contributed by atoms with Gasteiger partial charge in [0.25, 0.3) is 0 Å². The molecule has 0 spiro atoms. The second kappa shape index (κ2) is 9.01. The molecule has 0 unspecified atom stereocenters. The highest BCUT2D eigenvalue weighted by atomic mass is 32.1. The van der Waals surface area contributed by atoms with Gasteiger partial charge in [0, 0.05) is 6.04 Å². The predicted molar refractivity (Wildman–Crippen MR) is 106 cm³/mol. The maximum atomic E-state index is 12.6. The maximum Gasteiger partial charge on any atom is 0.408 e. The lowest BCUT2D eigenvalue weighted by Gasteiger charge is -2.21. The number of nitrogens with one attached hydrogen (secondary N) is 3. The molecule has 0 aliphatic heterocycles. The number of aromatic amines is 1. The first-order chi connectivity index (χ1) is 13.5. The van der Waals surface area contributed by atoms with E-state index in [4.69, 9.17) is 17.0 Å². The third-order valence-corrected chi connectivity index (χ3v) is 4.83. The number of alkyl carbamates (subject to hydrolysis) is 1. The number of amides is 2. The van der Waals surface area contributed by atoms with Crippen LogP contribution in [-0.4, -0.2) is 32.8 Å². The third kappa shape index (κ3) is 5.19. The average molecular weight is 404 g/mol. The molecule has 1 aromatic carbocycles. The Hall–Kier alpha value is -2.68. The number of hydrogen-bond donors (Lipinski definition) is 3. The van der Waals surface area contributed by atoms with Gasteiger partial charge in [0.1, 0.15) is 12.6 Å². The Morgan fingerprint density at radius 2 is 2.04 bits per heavy atom. The molecule has 2 aromatic rings. The summed E-state index contributed by atoms with van der Waals surface area (Å²) >= 11 is 5.25. The minimum atomic E-state index is -0.709. The molecule has 1 fully saturated rings. The van der Waals surface area contributed by atoms with Crippen LogP contribution in [0.4, 0.5) is 4.79 Å². The van der Waals surface area contributed by atoms with E-state index in [0.29, 0.717) is 16.6 Å². The molecule has 1 aromatic heterocycles. The van der Waals surface area contributed by atoms with E-state index in [1.165, 1.54) is 0 Å². The van der Waals surface area contributed by atoms with E-state index in [1.54, 1.807) is 0 Å². The van der Waals surface area contributed by atoms with Crippen molar-refractivity contribution in [3.8, 4) is 0 Å². The number of rotatable bonds is 8. The van der Waals surface area contributed by atoms with Crippen LogP contribution in [0.1, 0.15) is 44.1 Å². The van der Waals surface area contributed by atoms with Gasteiger partial charge in [0.2, 0.25) is 5.91 Å². The van der Waals surface area contributed by atoms with Gasteiger partial charge < -0.3 is 15.4 Å². The number of nitrogens with zero attached hydrogens (tertiary/aromatic N) is 2. The monoisotopic (exact) mass is 403 g/mol. The zero-order chi connectivity index (χ0) is 20.1. The molecule has 8 nitrogen and oxygen atoms in total. The summed E-state index contributed by atoms with van der Waals surface area (Å²) in [4.78, 5) is 24.7. The van der Waals surface area contributed by atoms with Crippen LogP contribution in [0.15, 0.2) is 30.3 Å². The molecule has 150 valence electrons. The molecule has 28 heavy (non-hydrogen) atoms. The number of ether oxygens (including phenoxy) is 1. The molecule has 1 heterocycles. The van der Waals surface area contributed by atoms with E-state index in [9.17, 15) is 9.59 Å². The van der Waals surface area contributed by atoms with Crippen molar-refractivity contribution >= 4 is 24.2 Å². The lowest BCUT2D eigenvalue weighted by Crippen LogP contribution is -2.49. The summed E-state index contributed by atoms with van der Waals surface area (Å²) in [5.74, 6) is 0.298. The standard InChI is InChI=1S/C19H25N5O3S/c1-12(2)16(21-19(26)27-11-13-6-4-3-5-7-13)17(25)20-10-15-22-23-18(28)24(15)14-8-9-14/h3-7,12,14,16H,8-11H2,1-2H3,(H,20,25)(H,21,26)(H,23,28)/t16-/m0/s1. The summed E-state index contributed by atoms with van der Waals surface area (Å²) in [6.45, 7) is 4.12. The Morgan fingerprint density at radius 3 is 2.68 bits per heavy atom. The van der Waals surface area contributed by atoms with Crippen LogP contribution < -0.4 is 10.6 Å². The first-order valence-corrected chi connectivity index (χ1v) is 9.77. The number of carbonyl (C=O) groups excluding carboxylic acids is 2. The fourth-order valence-corrected chi connectivity index (χ4v) is 3.17. The molecule has 1 aliphatic carbocycles. The smallest absolute Gasteiger partial charge is 0.408 e. The lowest BCUT2D eigenvalue weighted by molar-refractivity contribution is -0.124. The SMILES string of the molecule is CC(C)[C@H](NC(=O)OCc1ccccc1)C(=O)NCc1n[nH]c(=S)n1C1CC1. The van der Waals surface area contributed by atoms with Crippen LogP contribution in [0.3, 0.4) is 0 Å². The van der Waals surface area contributed by atoms with Crippen molar-refractivity contribution in [1.29, 1.82) is 0 Å². The van der Waals surface area contributed by atoms with Gasteiger partial charge in [-0.05, 0) is 36.5 Å². The molecule has 1 aliphatic rings. The van der Waals surface area contributed by atoms with Crippen molar-refractivity contribution in [2.75, 3.05) is 0 Å². The number of aromatic nitrogens is 3. The van der Waals surface area contributed by atoms with Crippen molar-refractivity contribution in [2.24, 2.45) is 5.92 Å². The summed E-state index contributed by atoms with van der Waals surface area (Å²) in [6, 6.07) is 9.03. The third-order valence-electron chi connectivity index (χ3n) is 4.55. The summed E-state index contributed by atoms with van der Waals surface area (Å²) in [6.07, 6.45) is 1.51. The molecule has 1 saturated carbocycles. The molecule has 1 atom stereocenters. The normalized spacial score (nSPS) is 14.5. The van der Waals surface area contributed by atoms with E-state index in [0.717, 1.165) is 18.4 Å². The van der Waals surface area contributed by atoms with Crippen LogP contribution in [0.2, 0.25) is 0 Å². The van der Waals surface area contributed by atoms with Gasteiger partial charge in [0.05, 0.1) is 6.54 Å². The van der Waals surface area contributed by atoms with E-state index in [-0.39, 0.29) is 25.0 Å². The number of carbonyl (C=O) groups is 2. The first-order valence-electron chi connectivity index (χ1n) is 9.36.